The molecule has 4 heteroatoms. The van der Waals surface area contributed by atoms with Gasteiger partial charge in [0, 0.05) is 18.9 Å². The third kappa shape index (κ3) is 2.59. The third-order valence-electron chi connectivity index (χ3n) is 4.47. The van der Waals surface area contributed by atoms with Gasteiger partial charge in [0.15, 0.2) is 5.82 Å². The molecule has 1 saturated carbocycles. The molecule has 106 valence electrons. The highest BCUT2D eigenvalue weighted by atomic mass is 16.1. The summed E-state index contributed by atoms with van der Waals surface area (Å²) in [4.78, 5) is 19.5. The summed E-state index contributed by atoms with van der Waals surface area (Å²) in [6.45, 7) is 2.85. The van der Waals surface area contributed by atoms with E-state index in [0.29, 0.717) is 5.82 Å². The van der Waals surface area contributed by atoms with E-state index in [-0.39, 0.29) is 11.3 Å². The Kier molecular flexibility index (Phi) is 4.40. The number of ketones is 1. The van der Waals surface area contributed by atoms with Crippen LogP contribution in [0.25, 0.3) is 0 Å². The van der Waals surface area contributed by atoms with Crippen molar-refractivity contribution >= 4 is 5.78 Å². The van der Waals surface area contributed by atoms with E-state index in [0.717, 1.165) is 32.2 Å². The minimum Gasteiger partial charge on any atom is -0.329 e. The van der Waals surface area contributed by atoms with Gasteiger partial charge in [-0.1, -0.05) is 25.7 Å². The molecule has 2 rings (SSSR count). The van der Waals surface area contributed by atoms with Crippen LogP contribution in [0, 0.1) is 0 Å². The van der Waals surface area contributed by atoms with Crippen molar-refractivity contribution in [2.45, 2.75) is 57.5 Å². The number of Topliss-reactive ketones (excluding diaryl/α,β-unsaturated/α-hetero) is 1. The second-order valence-electron chi connectivity index (χ2n) is 5.71. The summed E-state index contributed by atoms with van der Waals surface area (Å²) in [7, 11) is 4.06. The fourth-order valence-corrected chi connectivity index (χ4v) is 3.17. The average Bonchev–Trinajstić information content (AvgIpc) is 2.73. The van der Waals surface area contributed by atoms with E-state index in [1.54, 1.807) is 6.20 Å². The molecule has 1 fully saturated rings. The van der Waals surface area contributed by atoms with Gasteiger partial charge in [-0.3, -0.25) is 9.69 Å². The van der Waals surface area contributed by atoms with Gasteiger partial charge in [-0.25, -0.2) is 4.98 Å². The van der Waals surface area contributed by atoms with Gasteiger partial charge in [0.05, 0.1) is 5.54 Å². The van der Waals surface area contributed by atoms with Crippen LogP contribution in [0.3, 0.4) is 0 Å². The lowest BCUT2D eigenvalue weighted by Gasteiger charge is -2.37. The number of likely N-dealkylation sites (N-methyl/N-ethyl adjacent to an activating group) is 1. The second kappa shape index (κ2) is 5.87. The van der Waals surface area contributed by atoms with E-state index in [4.69, 9.17) is 0 Å². The fourth-order valence-electron chi connectivity index (χ4n) is 3.17. The lowest BCUT2D eigenvalue weighted by Crippen LogP contribution is -2.51. The van der Waals surface area contributed by atoms with Crippen LogP contribution in [0.4, 0.5) is 0 Å². The van der Waals surface area contributed by atoms with Crippen LogP contribution in [0.15, 0.2) is 12.4 Å². The molecule has 1 aromatic rings. The SMILES string of the molecule is CCn1ccnc1C(=O)C1(N(C)C)CCCCCC1. The topological polar surface area (TPSA) is 38.1 Å². The maximum absolute atomic E-state index is 13.0. The number of rotatable bonds is 4. The molecular weight excluding hydrogens is 238 g/mol. The molecule has 1 aliphatic carbocycles. The number of carbonyl (C=O) groups is 1. The van der Waals surface area contributed by atoms with Gasteiger partial charge in [0.2, 0.25) is 5.78 Å². The lowest BCUT2D eigenvalue weighted by atomic mass is 9.84. The zero-order valence-corrected chi connectivity index (χ0v) is 12.4. The number of nitrogens with zero attached hydrogens (tertiary/aromatic N) is 3. The number of hydrogen-bond donors (Lipinski definition) is 0. The summed E-state index contributed by atoms with van der Waals surface area (Å²) < 4.78 is 1.96. The smallest absolute Gasteiger partial charge is 0.218 e. The van der Waals surface area contributed by atoms with Crippen LogP contribution < -0.4 is 0 Å². The highest BCUT2D eigenvalue weighted by molar-refractivity contribution is 6.00. The molecule has 1 aromatic heterocycles. The van der Waals surface area contributed by atoms with Crippen molar-refractivity contribution in [1.29, 1.82) is 0 Å². The van der Waals surface area contributed by atoms with Crippen molar-refractivity contribution in [2.24, 2.45) is 0 Å². The van der Waals surface area contributed by atoms with Gasteiger partial charge in [-0.15, -0.1) is 0 Å². The predicted octanol–water partition coefficient (Wildman–Crippen LogP) is 2.74. The van der Waals surface area contributed by atoms with Gasteiger partial charge in [-0.2, -0.15) is 0 Å². The molecule has 0 spiro atoms. The fraction of sp³-hybridized carbons (Fsp3) is 0.733. The Labute approximate surface area is 115 Å². The highest BCUT2D eigenvalue weighted by Gasteiger charge is 2.42. The van der Waals surface area contributed by atoms with Crippen molar-refractivity contribution in [3.05, 3.63) is 18.2 Å². The summed E-state index contributed by atoms with van der Waals surface area (Å²) in [5.74, 6) is 0.823. The van der Waals surface area contributed by atoms with Crippen LogP contribution in [0.2, 0.25) is 0 Å². The van der Waals surface area contributed by atoms with Crippen LogP contribution in [0.1, 0.15) is 56.1 Å². The monoisotopic (exact) mass is 263 g/mol. The van der Waals surface area contributed by atoms with Gasteiger partial charge in [-0.05, 0) is 33.9 Å². The first kappa shape index (κ1) is 14.3. The van der Waals surface area contributed by atoms with Crippen molar-refractivity contribution in [2.75, 3.05) is 14.1 Å². The number of aryl methyl sites for hydroxylation is 1. The molecule has 0 saturated heterocycles. The molecular formula is C15H25N3O. The van der Waals surface area contributed by atoms with Crippen molar-refractivity contribution in [1.82, 2.24) is 14.5 Å². The Hall–Kier alpha value is -1.16. The minimum atomic E-state index is -0.352. The molecule has 0 amide bonds. The maximum Gasteiger partial charge on any atom is 0.218 e. The number of imidazole rings is 1. The van der Waals surface area contributed by atoms with Crippen LogP contribution in [-0.4, -0.2) is 39.9 Å². The van der Waals surface area contributed by atoms with E-state index >= 15 is 0 Å². The van der Waals surface area contributed by atoms with E-state index in [9.17, 15) is 4.79 Å². The highest BCUT2D eigenvalue weighted by Crippen LogP contribution is 2.33. The maximum atomic E-state index is 13.0. The largest absolute Gasteiger partial charge is 0.329 e. The summed E-state index contributed by atoms with van der Waals surface area (Å²) in [6, 6.07) is 0. The average molecular weight is 263 g/mol. The molecule has 0 unspecified atom stereocenters. The first-order valence-electron chi connectivity index (χ1n) is 7.35. The van der Waals surface area contributed by atoms with Crippen molar-refractivity contribution in [3.8, 4) is 0 Å². The van der Waals surface area contributed by atoms with Crippen LogP contribution in [-0.2, 0) is 6.54 Å². The summed E-state index contributed by atoms with van der Waals surface area (Å²) in [5, 5.41) is 0. The van der Waals surface area contributed by atoms with Crippen LogP contribution in [0.5, 0.6) is 0 Å². The van der Waals surface area contributed by atoms with Crippen LogP contribution >= 0.6 is 0 Å². The Balaban J connectivity index is 2.35. The summed E-state index contributed by atoms with van der Waals surface area (Å²) in [5.41, 5.74) is -0.352. The first-order chi connectivity index (χ1) is 9.12. The number of hydrogen-bond acceptors (Lipinski definition) is 3. The molecule has 0 bridgehead atoms. The van der Waals surface area contributed by atoms with Gasteiger partial charge >= 0.3 is 0 Å². The molecule has 1 heterocycles. The normalized spacial score (nSPS) is 19.4. The van der Waals surface area contributed by atoms with E-state index < -0.39 is 0 Å². The summed E-state index contributed by atoms with van der Waals surface area (Å²) >= 11 is 0. The zero-order chi connectivity index (χ0) is 13.9. The first-order valence-corrected chi connectivity index (χ1v) is 7.35. The summed E-state index contributed by atoms with van der Waals surface area (Å²) in [6.07, 6.45) is 10.3. The molecule has 1 aliphatic rings. The van der Waals surface area contributed by atoms with Gasteiger partial charge in [0.25, 0.3) is 0 Å². The quantitative estimate of drug-likeness (QED) is 0.619. The van der Waals surface area contributed by atoms with Crippen molar-refractivity contribution in [3.63, 3.8) is 0 Å². The number of carbonyl (C=O) groups excluding carboxylic acids is 1. The zero-order valence-electron chi connectivity index (χ0n) is 12.4. The predicted molar refractivity (Wildman–Crippen MR) is 76.4 cm³/mol. The molecule has 0 radical (unpaired) electrons. The lowest BCUT2D eigenvalue weighted by molar-refractivity contribution is 0.0618. The molecule has 0 aliphatic heterocycles. The minimum absolute atomic E-state index is 0.200. The number of aromatic nitrogens is 2. The molecule has 0 atom stereocenters. The third-order valence-corrected chi connectivity index (χ3v) is 4.47. The second-order valence-corrected chi connectivity index (χ2v) is 5.71. The van der Waals surface area contributed by atoms with Gasteiger partial charge < -0.3 is 4.57 Å². The molecule has 4 nitrogen and oxygen atoms in total. The van der Waals surface area contributed by atoms with Crippen molar-refractivity contribution < 1.29 is 4.79 Å². The molecule has 19 heavy (non-hydrogen) atoms. The van der Waals surface area contributed by atoms with Gasteiger partial charge in [0.1, 0.15) is 0 Å². The standard InChI is InChI=1S/C15H25N3O/c1-4-18-12-11-16-14(18)13(19)15(17(2)3)9-7-5-6-8-10-15/h11-12H,4-10H2,1-3H3. The molecule has 0 N–H and O–H groups in total. The van der Waals surface area contributed by atoms with E-state index in [1.807, 2.05) is 31.8 Å². The Bertz CT molecular complexity index is 428. The van der Waals surface area contributed by atoms with E-state index in [1.165, 1.54) is 12.8 Å². The van der Waals surface area contributed by atoms with E-state index in [2.05, 4.69) is 9.88 Å². The molecule has 0 aromatic carbocycles. The Morgan fingerprint density at radius 3 is 2.47 bits per heavy atom. The Morgan fingerprint density at radius 1 is 1.32 bits per heavy atom. The Morgan fingerprint density at radius 2 is 1.95 bits per heavy atom.